The number of hydrogen-bond acceptors (Lipinski definition) is 4. The molecule has 1 unspecified atom stereocenters. The van der Waals surface area contributed by atoms with Gasteiger partial charge in [-0.1, -0.05) is 0 Å². The Balaban J connectivity index is 2.74. The van der Waals surface area contributed by atoms with Crippen molar-refractivity contribution in [2.24, 2.45) is 11.5 Å². The van der Waals surface area contributed by atoms with Crippen LogP contribution in [0.2, 0.25) is 0 Å². The van der Waals surface area contributed by atoms with Gasteiger partial charge in [0, 0.05) is 25.8 Å². The minimum atomic E-state index is -0.495. The average Bonchev–Trinajstić information content (AvgIpc) is 2.25. The van der Waals surface area contributed by atoms with Crippen molar-refractivity contribution in [3.05, 3.63) is 26.3 Å². The van der Waals surface area contributed by atoms with Crippen LogP contribution in [0.3, 0.4) is 0 Å². The molecule has 1 aromatic carbocycles. The Morgan fingerprint density at radius 2 is 1.70 bits per heavy atom. The number of halogens is 1. The average molecular weight is 390 g/mol. The first kappa shape index (κ1) is 16.0. The Morgan fingerprint density at radius 3 is 2.20 bits per heavy atom. The number of rotatable bonds is 2. The Bertz CT molecular complexity index is 530. The molecule has 112 valence electrons. The van der Waals surface area contributed by atoms with E-state index in [1.54, 1.807) is 0 Å². The zero-order valence-electron chi connectivity index (χ0n) is 12.7. The number of hydrogen-bond donors (Lipinski definition) is 2. The normalized spacial score (nSPS) is 19.5. The second-order valence-corrected chi connectivity index (χ2v) is 7.61. The summed E-state index contributed by atoms with van der Waals surface area (Å²) in [7, 11) is 0. The van der Waals surface area contributed by atoms with Crippen LogP contribution in [0.15, 0.2) is 6.07 Å². The number of ether oxygens (including phenoxy) is 2. The molecule has 0 fully saturated rings. The lowest BCUT2D eigenvalue weighted by molar-refractivity contribution is -0.0957. The molecule has 0 aromatic heterocycles. The summed E-state index contributed by atoms with van der Waals surface area (Å²) in [6, 6.07) is 2.08. The second-order valence-electron chi connectivity index (χ2n) is 6.53. The Morgan fingerprint density at radius 1 is 1.15 bits per heavy atom. The van der Waals surface area contributed by atoms with Gasteiger partial charge < -0.3 is 20.9 Å². The van der Waals surface area contributed by atoms with E-state index in [1.165, 1.54) is 0 Å². The van der Waals surface area contributed by atoms with Crippen molar-refractivity contribution >= 4 is 22.6 Å². The van der Waals surface area contributed by atoms with Crippen LogP contribution in [0.25, 0.3) is 0 Å². The summed E-state index contributed by atoms with van der Waals surface area (Å²) in [6.07, 6.45) is -0.254. The summed E-state index contributed by atoms with van der Waals surface area (Å²) in [5.41, 5.74) is 14.8. The quantitative estimate of drug-likeness (QED) is 0.762. The van der Waals surface area contributed by atoms with Gasteiger partial charge >= 0.3 is 0 Å². The highest BCUT2D eigenvalue weighted by atomic mass is 127. The fourth-order valence-electron chi connectivity index (χ4n) is 2.31. The number of fused-ring (bicyclic) bond motifs is 1. The fraction of sp³-hybridized carbons (Fsp3) is 0.600. The molecule has 0 bridgehead atoms. The molecule has 1 aliphatic rings. The maximum atomic E-state index is 6.32. The lowest BCUT2D eigenvalue weighted by Crippen LogP contribution is -2.36. The smallest absolute Gasteiger partial charge is 0.197 e. The van der Waals surface area contributed by atoms with Crippen molar-refractivity contribution in [2.75, 3.05) is 0 Å². The zero-order chi connectivity index (χ0) is 15.3. The molecule has 0 saturated carbocycles. The van der Waals surface area contributed by atoms with E-state index in [0.29, 0.717) is 6.61 Å². The lowest BCUT2D eigenvalue weighted by Gasteiger charge is -2.34. The first-order valence-electron chi connectivity index (χ1n) is 6.74. The molecule has 1 aliphatic heterocycles. The van der Waals surface area contributed by atoms with Crippen LogP contribution in [0.4, 0.5) is 0 Å². The van der Waals surface area contributed by atoms with Crippen LogP contribution in [-0.2, 0) is 22.4 Å². The van der Waals surface area contributed by atoms with Crippen LogP contribution in [0, 0.1) is 3.57 Å². The molecule has 0 amide bonds. The molecule has 1 heterocycles. The summed E-state index contributed by atoms with van der Waals surface area (Å²) < 4.78 is 12.6. The van der Waals surface area contributed by atoms with Gasteiger partial charge in [0.1, 0.15) is 5.75 Å². The second kappa shape index (κ2) is 5.12. The molecule has 0 aliphatic carbocycles. The van der Waals surface area contributed by atoms with Gasteiger partial charge in [-0.15, -0.1) is 0 Å². The third-order valence-electron chi connectivity index (χ3n) is 3.44. The van der Waals surface area contributed by atoms with Crippen molar-refractivity contribution < 1.29 is 9.47 Å². The van der Waals surface area contributed by atoms with Gasteiger partial charge in [-0.3, -0.25) is 0 Å². The van der Waals surface area contributed by atoms with E-state index in [9.17, 15) is 0 Å². The Hall–Kier alpha value is -0.370. The van der Waals surface area contributed by atoms with Gasteiger partial charge in [0.05, 0.1) is 6.61 Å². The standard InChI is InChI=1S/C15H23IN2O2/c1-8-19-7-9-12(16)10(14(2,3)17)6-11(13(9)20-8)15(4,5)18/h6,8H,7,17-18H2,1-5H3. The van der Waals surface area contributed by atoms with Gasteiger partial charge in [0.25, 0.3) is 0 Å². The Kier molecular flexibility index (Phi) is 4.10. The highest BCUT2D eigenvalue weighted by Gasteiger charge is 2.32. The molecule has 0 spiro atoms. The van der Waals surface area contributed by atoms with E-state index in [2.05, 4.69) is 28.7 Å². The van der Waals surface area contributed by atoms with Gasteiger partial charge in [0.15, 0.2) is 6.29 Å². The van der Waals surface area contributed by atoms with Crippen LogP contribution in [-0.4, -0.2) is 6.29 Å². The van der Waals surface area contributed by atoms with Crippen molar-refractivity contribution in [1.82, 2.24) is 0 Å². The first-order chi connectivity index (χ1) is 9.01. The van der Waals surface area contributed by atoms with Gasteiger partial charge in [-0.05, 0) is 68.8 Å². The molecular weight excluding hydrogens is 367 g/mol. The minimum Gasteiger partial charge on any atom is -0.464 e. The highest BCUT2D eigenvalue weighted by Crippen LogP contribution is 2.41. The van der Waals surface area contributed by atoms with Crippen molar-refractivity contribution in [3.8, 4) is 5.75 Å². The largest absolute Gasteiger partial charge is 0.464 e. The van der Waals surface area contributed by atoms with Gasteiger partial charge in [0.2, 0.25) is 0 Å². The predicted molar refractivity (Wildman–Crippen MR) is 88.5 cm³/mol. The molecule has 1 aromatic rings. The highest BCUT2D eigenvalue weighted by molar-refractivity contribution is 14.1. The van der Waals surface area contributed by atoms with Crippen LogP contribution >= 0.6 is 22.6 Å². The van der Waals surface area contributed by atoms with E-state index in [0.717, 1.165) is 26.0 Å². The number of benzene rings is 1. The summed E-state index contributed by atoms with van der Waals surface area (Å²) in [5.74, 6) is 0.855. The monoisotopic (exact) mass is 390 g/mol. The molecule has 1 atom stereocenters. The van der Waals surface area contributed by atoms with Crippen LogP contribution in [0.1, 0.15) is 51.3 Å². The minimum absolute atomic E-state index is 0.254. The lowest BCUT2D eigenvalue weighted by atomic mass is 9.85. The maximum Gasteiger partial charge on any atom is 0.197 e. The SMILES string of the molecule is CC1OCc2c(I)c(C(C)(C)N)cc(C(C)(C)N)c2O1. The van der Waals surface area contributed by atoms with Crippen molar-refractivity contribution in [1.29, 1.82) is 0 Å². The topological polar surface area (TPSA) is 70.5 Å². The molecule has 4 N–H and O–H groups in total. The van der Waals surface area contributed by atoms with Crippen molar-refractivity contribution in [2.45, 2.75) is 58.6 Å². The first-order valence-corrected chi connectivity index (χ1v) is 7.82. The Labute approximate surface area is 134 Å². The summed E-state index contributed by atoms with van der Waals surface area (Å²) in [6.45, 7) is 10.4. The summed E-state index contributed by atoms with van der Waals surface area (Å²) in [4.78, 5) is 0. The number of nitrogens with two attached hydrogens (primary N) is 2. The van der Waals surface area contributed by atoms with E-state index >= 15 is 0 Å². The maximum absolute atomic E-state index is 6.32. The van der Waals surface area contributed by atoms with E-state index in [4.69, 9.17) is 20.9 Å². The molecule has 0 radical (unpaired) electrons. The molecule has 4 nitrogen and oxygen atoms in total. The van der Waals surface area contributed by atoms with Crippen molar-refractivity contribution in [3.63, 3.8) is 0 Å². The molecule has 2 rings (SSSR count). The van der Waals surface area contributed by atoms with E-state index in [-0.39, 0.29) is 6.29 Å². The van der Waals surface area contributed by atoms with Crippen LogP contribution < -0.4 is 16.2 Å². The molecule has 20 heavy (non-hydrogen) atoms. The molecule has 0 saturated heterocycles. The third kappa shape index (κ3) is 2.95. The van der Waals surface area contributed by atoms with Gasteiger partial charge in [-0.2, -0.15) is 0 Å². The predicted octanol–water partition coefficient (Wildman–Crippen LogP) is 2.93. The van der Waals surface area contributed by atoms with E-state index in [1.807, 2.05) is 34.6 Å². The van der Waals surface area contributed by atoms with E-state index < -0.39 is 11.1 Å². The summed E-state index contributed by atoms with van der Waals surface area (Å²) >= 11 is 2.32. The van der Waals surface area contributed by atoms with Gasteiger partial charge in [-0.25, -0.2) is 0 Å². The zero-order valence-corrected chi connectivity index (χ0v) is 14.9. The summed E-state index contributed by atoms with van der Waals surface area (Å²) in [5, 5.41) is 0. The van der Waals surface area contributed by atoms with Crippen LogP contribution in [0.5, 0.6) is 5.75 Å². The molecular formula is C15H23IN2O2. The fourth-order valence-corrected chi connectivity index (χ4v) is 3.56. The third-order valence-corrected chi connectivity index (χ3v) is 4.68. The molecule has 5 heteroatoms.